The molecule has 9 heteroatoms. The van der Waals surface area contributed by atoms with E-state index in [2.05, 4.69) is 5.32 Å². The average molecular weight is 493 g/mol. The summed E-state index contributed by atoms with van der Waals surface area (Å²) in [6.07, 6.45) is 0. The van der Waals surface area contributed by atoms with Gasteiger partial charge in [0.05, 0.1) is 22.2 Å². The van der Waals surface area contributed by atoms with E-state index in [4.69, 9.17) is 27.9 Å². The molecule has 0 fully saturated rings. The van der Waals surface area contributed by atoms with Gasteiger partial charge < -0.3 is 10.1 Å². The standard InChI is InChI=1S/C23H22Cl2N2O4S/c1-17-6-5-7-19(14-17)31-13-12-26-23(28)16-27(22-11-10-18(24)15-21(22)25)32(29,30)20-8-3-2-4-9-20/h2-11,14-15H,12-13,16H2,1H3,(H,26,28). The maximum Gasteiger partial charge on any atom is 0.264 e. The fraction of sp³-hybridized carbons (Fsp3) is 0.174. The lowest BCUT2D eigenvalue weighted by Crippen LogP contribution is -2.42. The maximum atomic E-state index is 13.3. The Morgan fingerprint density at radius 1 is 1.00 bits per heavy atom. The number of benzene rings is 3. The van der Waals surface area contributed by atoms with Crippen molar-refractivity contribution in [1.29, 1.82) is 0 Å². The SMILES string of the molecule is Cc1cccc(OCCNC(=O)CN(c2ccc(Cl)cc2Cl)S(=O)(=O)c2ccccc2)c1. The van der Waals surface area contributed by atoms with Gasteiger partial charge in [-0.3, -0.25) is 9.10 Å². The molecule has 1 amide bonds. The average Bonchev–Trinajstić information content (AvgIpc) is 2.76. The van der Waals surface area contributed by atoms with Gasteiger partial charge in [0.25, 0.3) is 10.0 Å². The van der Waals surface area contributed by atoms with Crippen LogP contribution in [0.5, 0.6) is 5.75 Å². The van der Waals surface area contributed by atoms with Gasteiger partial charge in [0.1, 0.15) is 18.9 Å². The highest BCUT2D eigenvalue weighted by Gasteiger charge is 2.28. The first kappa shape index (κ1) is 23.9. The van der Waals surface area contributed by atoms with Gasteiger partial charge in [-0.15, -0.1) is 0 Å². The lowest BCUT2D eigenvalue weighted by Gasteiger charge is -2.25. The van der Waals surface area contributed by atoms with Gasteiger partial charge in [0, 0.05) is 5.02 Å². The minimum atomic E-state index is -4.05. The van der Waals surface area contributed by atoms with E-state index in [1.165, 1.54) is 30.3 Å². The van der Waals surface area contributed by atoms with E-state index in [9.17, 15) is 13.2 Å². The minimum Gasteiger partial charge on any atom is -0.492 e. The number of sulfonamides is 1. The summed E-state index contributed by atoms with van der Waals surface area (Å²) < 4.78 is 33.1. The molecule has 6 nitrogen and oxygen atoms in total. The van der Waals surface area contributed by atoms with Crippen molar-refractivity contribution in [3.63, 3.8) is 0 Å². The minimum absolute atomic E-state index is 0.0431. The number of amides is 1. The molecule has 0 bridgehead atoms. The Kier molecular flexibility index (Phi) is 8.01. The highest BCUT2D eigenvalue weighted by molar-refractivity contribution is 7.92. The van der Waals surface area contributed by atoms with Crippen LogP contribution >= 0.6 is 23.2 Å². The fourth-order valence-corrected chi connectivity index (χ4v) is 4.98. The van der Waals surface area contributed by atoms with Crippen molar-refractivity contribution in [3.8, 4) is 5.75 Å². The number of ether oxygens (including phenoxy) is 1. The highest BCUT2D eigenvalue weighted by Crippen LogP contribution is 2.32. The first-order chi connectivity index (χ1) is 15.3. The highest BCUT2D eigenvalue weighted by atomic mass is 35.5. The molecule has 0 saturated heterocycles. The molecule has 0 aliphatic heterocycles. The van der Waals surface area contributed by atoms with E-state index >= 15 is 0 Å². The number of hydrogen-bond acceptors (Lipinski definition) is 4. The van der Waals surface area contributed by atoms with Crippen molar-refractivity contribution in [3.05, 3.63) is 88.4 Å². The Labute approximate surface area is 197 Å². The molecule has 0 aliphatic rings. The zero-order valence-electron chi connectivity index (χ0n) is 17.3. The van der Waals surface area contributed by atoms with E-state index in [1.807, 2.05) is 31.2 Å². The number of hydrogen-bond donors (Lipinski definition) is 1. The number of rotatable bonds is 9. The van der Waals surface area contributed by atoms with E-state index in [1.54, 1.807) is 18.2 Å². The molecule has 168 valence electrons. The molecule has 3 aromatic rings. The van der Waals surface area contributed by atoms with Crippen molar-refractivity contribution in [2.24, 2.45) is 0 Å². The smallest absolute Gasteiger partial charge is 0.264 e. The number of carbonyl (C=O) groups is 1. The molecule has 32 heavy (non-hydrogen) atoms. The Morgan fingerprint density at radius 3 is 2.44 bits per heavy atom. The van der Waals surface area contributed by atoms with Crippen molar-refractivity contribution in [2.75, 3.05) is 24.0 Å². The summed E-state index contributed by atoms with van der Waals surface area (Å²) in [7, 11) is -4.05. The predicted octanol–water partition coefficient (Wildman–Crippen LogP) is 4.69. The van der Waals surface area contributed by atoms with Crippen molar-refractivity contribution in [1.82, 2.24) is 5.32 Å². The summed E-state index contributed by atoms with van der Waals surface area (Å²) >= 11 is 12.2. The topological polar surface area (TPSA) is 75.7 Å². The molecule has 0 heterocycles. The molecular formula is C23H22Cl2N2O4S. The van der Waals surface area contributed by atoms with E-state index in [0.29, 0.717) is 10.8 Å². The number of nitrogens with one attached hydrogen (secondary N) is 1. The van der Waals surface area contributed by atoms with Crippen LogP contribution in [0.4, 0.5) is 5.69 Å². The summed E-state index contributed by atoms with van der Waals surface area (Å²) in [6.45, 7) is 1.95. The third-order valence-corrected chi connectivity index (χ3v) is 6.79. The molecule has 0 saturated carbocycles. The molecule has 1 N–H and O–H groups in total. The Bertz CT molecular complexity index is 1190. The third-order valence-electron chi connectivity index (χ3n) is 4.48. The predicted molar refractivity (Wildman–Crippen MR) is 127 cm³/mol. The van der Waals surface area contributed by atoms with E-state index in [0.717, 1.165) is 9.87 Å². The first-order valence-electron chi connectivity index (χ1n) is 9.76. The zero-order valence-corrected chi connectivity index (χ0v) is 19.6. The van der Waals surface area contributed by atoms with Gasteiger partial charge in [0.2, 0.25) is 5.91 Å². The van der Waals surface area contributed by atoms with Gasteiger partial charge >= 0.3 is 0 Å². The van der Waals surface area contributed by atoms with Crippen LogP contribution < -0.4 is 14.4 Å². The molecule has 0 radical (unpaired) electrons. The van der Waals surface area contributed by atoms with Crippen LogP contribution in [0.3, 0.4) is 0 Å². The van der Waals surface area contributed by atoms with Crippen LogP contribution in [-0.2, 0) is 14.8 Å². The van der Waals surface area contributed by atoms with Gasteiger partial charge in [-0.05, 0) is 55.0 Å². The van der Waals surface area contributed by atoms with Crippen molar-refractivity contribution < 1.29 is 17.9 Å². The van der Waals surface area contributed by atoms with Crippen LogP contribution in [0, 0.1) is 6.92 Å². The molecule has 3 rings (SSSR count). The summed E-state index contributed by atoms with van der Waals surface area (Å²) in [5, 5.41) is 3.16. The second-order valence-corrected chi connectivity index (χ2v) is 9.64. The van der Waals surface area contributed by atoms with Crippen molar-refractivity contribution in [2.45, 2.75) is 11.8 Å². The fourth-order valence-electron chi connectivity index (χ4n) is 2.95. The quantitative estimate of drug-likeness (QED) is 0.439. The van der Waals surface area contributed by atoms with Crippen LogP contribution in [0.2, 0.25) is 10.0 Å². The van der Waals surface area contributed by atoms with Crippen LogP contribution in [-0.4, -0.2) is 34.0 Å². The number of nitrogens with zero attached hydrogens (tertiary/aromatic N) is 1. The number of aryl methyl sites for hydroxylation is 1. The largest absolute Gasteiger partial charge is 0.492 e. The van der Waals surface area contributed by atoms with E-state index < -0.39 is 22.5 Å². The third kappa shape index (κ3) is 6.16. The molecule has 3 aromatic carbocycles. The lowest BCUT2D eigenvalue weighted by atomic mass is 10.2. The summed E-state index contributed by atoms with van der Waals surface area (Å²) in [4.78, 5) is 12.6. The van der Waals surface area contributed by atoms with Crippen LogP contribution in [0.15, 0.2) is 77.7 Å². The zero-order chi connectivity index (χ0) is 23.1. The van der Waals surface area contributed by atoms with Crippen LogP contribution in [0.1, 0.15) is 5.56 Å². The first-order valence-corrected chi connectivity index (χ1v) is 12.0. The monoisotopic (exact) mass is 492 g/mol. The molecule has 0 spiro atoms. The second kappa shape index (κ2) is 10.7. The number of anilines is 1. The van der Waals surface area contributed by atoms with Gasteiger partial charge in [0.15, 0.2) is 0 Å². The molecule has 0 atom stereocenters. The molecule has 0 aromatic heterocycles. The van der Waals surface area contributed by atoms with Gasteiger partial charge in [-0.2, -0.15) is 0 Å². The molecule has 0 aliphatic carbocycles. The van der Waals surface area contributed by atoms with Crippen LogP contribution in [0.25, 0.3) is 0 Å². The van der Waals surface area contributed by atoms with E-state index in [-0.39, 0.29) is 28.8 Å². The number of carbonyl (C=O) groups excluding carboxylic acids is 1. The summed E-state index contributed by atoms with van der Waals surface area (Å²) in [5.74, 6) is 0.198. The Morgan fingerprint density at radius 2 is 1.75 bits per heavy atom. The maximum absolute atomic E-state index is 13.3. The molecule has 0 unspecified atom stereocenters. The molecular weight excluding hydrogens is 471 g/mol. The lowest BCUT2D eigenvalue weighted by molar-refractivity contribution is -0.119. The second-order valence-electron chi connectivity index (χ2n) is 6.94. The van der Waals surface area contributed by atoms with Gasteiger partial charge in [-0.1, -0.05) is 53.5 Å². The Hall–Kier alpha value is -2.74. The van der Waals surface area contributed by atoms with Crippen molar-refractivity contribution >= 4 is 44.8 Å². The normalized spacial score (nSPS) is 11.1. The summed E-state index contributed by atoms with van der Waals surface area (Å²) in [5.41, 5.74) is 1.22. The Balaban J connectivity index is 1.73. The summed E-state index contributed by atoms with van der Waals surface area (Å²) in [6, 6.07) is 19.8. The number of halogens is 2. The van der Waals surface area contributed by atoms with Gasteiger partial charge in [-0.25, -0.2) is 8.42 Å².